The zero-order valence-electron chi connectivity index (χ0n) is 34.5. The summed E-state index contributed by atoms with van der Waals surface area (Å²) in [4.78, 5) is 10.4. The van der Waals surface area contributed by atoms with Gasteiger partial charge in [-0.1, -0.05) is 57.8 Å². The summed E-state index contributed by atoms with van der Waals surface area (Å²) in [7, 11) is 0. The molecule has 0 aromatic carbocycles. The van der Waals surface area contributed by atoms with Gasteiger partial charge in [-0.05, 0) is 163 Å². The average Bonchev–Trinajstić information content (AvgIpc) is 4.10. The van der Waals surface area contributed by atoms with Crippen LogP contribution in [0.15, 0.2) is 36.4 Å². The third-order valence-electron chi connectivity index (χ3n) is 7.88. The Labute approximate surface area is 385 Å². The van der Waals surface area contributed by atoms with E-state index in [0.717, 1.165) is 16.9 Å². The lowest BCUT2D eigenvalue weighted by Crippen LogP contribution is -1.86. The van der Waals surface area contributed by atoms with Gasteiger partial charge in [0, 0.05) is 111 Å². The predicted molar refractivity (Wildman–Crippen MR) is 267 cm³/mol. The monoisotopic (exact) mass is 858 g/mol. The Kier molecular flexibility index (Phi) is 22.2. The molecule has 0 nitrogen and oxygen atoms in total. The van der Waals surface area contributed by atoms with Crippen LogP contribution < -0.4 is 0 Å². The maximum absolute atomic E-state index is 4.97. The first-order chi connectivity index (χ1) is 30.6. The molecule has 4 aromatic heterocycles. The first-order valence-corrected chi connectivity index (χ1v) is 22.7. The highest BCUT2D eigenvalue weighted by Crippen LogP contribution is 2.45. The minimum atomic E-state index is 0.971. The molecule has 4 aromatic rings. The molecule has 4 heterocycles. The highest BCUT2D eigenvalue weighted by molar-refractivity contribution is 7.28. The second kappa shape index (κ2) is 29.4. The fraction of sp³-hybridized carbons (Fsp3) is 0.207. The van der Waals surface area contributed by atoms with Gasteiger partial charge in [-0.3, -0.25) is 0 Å². The second-order valence-corrected chi connectivity index (χ2v) is 17.2. The van der Waals surface area contributed by atoms with Gasteiger partial charge < -0.3 is 0 Å². The predicted octanol–water partition coefficient (Wildman–Crippen LogP) is 11.3. The van der Waals surface area contributed by atoms with Gasteiger partial charge in [0.1, 0.15) is 0 Å². The van der Waals surface area contributed by atoms with E-state index < -0.39 is 0 Å². The van der Waals surface area contributed by atoms with Gasteiger partial charge in [0.05, 0.1) is 4.88 Å². The molecule has 0 radical (unpaired) electrons. The van der Waals surface area contributed by atoms with Crippen molar-refractivity contribution in [1.29, 1.82) is 0 Å². The molecule has 0 fully saturated rings. The van der Waals surface area contributed by atoms with Gasteiger partial charge in [0.2, 0.25) is 0 Å². The summed E-state index contributed by atoms with van der Waals surface area (Å²) in [6.07, 6.45) is 16.9. The van der Waals surface area contributed by atoms with Crippen molar-refractivity contribution in [3.05, 3.63) is 57.3 Å². The van der Waals surface area contributed by atoms with Gasteiger partial charge in [-0.2, -0.15) is 0 Å². The molecule has 4 heteroatoms. The number of aryl methyl sites for hydroxylation is 3. The van der Waals surface area contributed by atoms with Gasteiger partial charge >= 0.3 is 0 Å². The highest BCUT2D eigenvalue weighted by Gasteiger charge is 2.15. The average molecular weight is 859 g/mol. The Morgan fingerprint density at radius 3 is 1.19 bits per heavy atom. The highest BCUT2D eigenvalue weighted by atomic mass is 32.1. The van der Waals surface area contributed by atoms with Gasteiger partial charge in [-0.15, -0.1) is 51.8 Å². The lowest BCUT2D eigenvalue weighted by atomic mass is 10.0. The largest absolute Gasteiger partial charge is 0.139 e. The lowest BCUT2D eigenvalue weighted by Gasteiger charge is -2.03. The number of rotatable bonds is 12. The van der Waals surface area contributed by atoms with Crippen LogP contribution in [0.2, 0.25) is 0 Å². The van der Waals surface area contributed by atoms with Crippen LogP contribution in [0.4, 0.5) is 0 Å². The van der Waals surface area contributed by atoms with Crippen LogP contribution in [-0.4, -0.2) is 0 Å². The van der Waals surface area contributed by atoms with Crippen molar-refractivity contribution in [2.45, 2.75) is 78.6 Å². The molecule has 0 bridgehead atoms. The molecule has 0 amide bonds. The third kappa shape index (κ3) is 18.4. The van der Waals surface area contributed by atoms with Crippen LogP contribution in [0.1, 0.15) is 79.2 Å². The summed E-state index contributed by atoms with van der Waals surface area (Å²) in [5, 5.41) is 0. The summed E-state index contributed by atoms with van der Waals surface area (Å²) in [6.45, 7) is 6.62. The van der Waals surface area contributed by atoms with E-state index in [4.69, 9.17) is 6.42 Å². The molecule has 290 valence electrons. The minimum absolute atomic E-state index is 0.971. The van der Waals surface area contributed by atoms with Crippen molar-refractivity contribution in [3.8, 4) is 207 Å². The molecule has 0 unspecified atom stereocenters. The first kappa shape index (κ1) is 46.9. The van der Waals surface area contributed by atoms with Gasteiger partial charge in [0.25, 0.3) is 0 Å². The van der Waals surface area contributed by atoms with Crippen molar-refractivity contribution in [3.63, 3.8) is 0 Å². The number of thiophene rings is 4. The van der Waals surface area contributed by atoms with E-state index in [9.17, 15) is 0 Å². The van der Waals surface area contributed by atoms with Crippen molar-refractivity contribution < 1.29 is 0 Å². The van der Waals surface area contributed by atoms with Crippen molar-refractivity contribution in [2.75, 3.05) is 0 Å². The van der Waals surface area contributed by atoms with Crippen molar-refractivity contribution >= 4 is 45.3 Å². The Morgan fingerprint density at radius 2 is 0.742 bits per heavy atom. The number of unbranched alkanes of at least 4 members (excludes halogenated alkanes) is 7. The SMILES string of the molecule is C#CC#CC#CC#CC#CC#CC#CC#CC#CC#CC#CC#CC#CC#CC#Cc1cc(C)sc1-c1ccc(-c2ccc(-c3sc(C)cc3CCCCCCCCCC)s2)s1. The topological polar surface area (TPSA) is 0 Å². The Hall–Kier alpha value is -7.80. The first-order valence-electron chi connectivity index (χ1n) is 19.5. The smallest absolute Gasteiger partial charge is 0.0602 e. The summed E-state index contributed by atoms with van der Waals surface area (Å²) < 4.78 is 0. The molecular formula is C58H34S4. The summed E-state index contributed by atoms with van der Waals surface area (Å²) in [5.41, 5.74) is 2.48. The zero-order chi connectivity index (χ0) is 43.7. The second-order valence-electron chi connectivity index (χ2n) is 12.5. The molecule has 0 saturated carbocycles. The van der Waals surface area contributed by atoms with Crippen molar-refractivity contribution in [1.82, 2.24) is 0 Å². The number of hydrogen-bond acceptors (Lipinski definition) is 4. The number of terminal acetylenes is 1. The molecule has 0 aliphatic heterocycles. The molecule has 62 heavy (non-hydrogen) atoms. The lowest BCUT2D eigenvalue weighted by molar-refractivity contribution is 0.576. The van der Waals surface area contributed by atoms with Crippen LogP contribution in [0.25, 0.3) is 29.3 Å². The Bertz CT molecular complexity index is 3240. The van der Waals surface area contributed by atoms with Crippen LogP contribution in [0.3, 0.4) is 0 Å². The molecule has 0 spiro atoms. The van der Waals surface area contributed by atoms with E-state index >= 15 is 0 Å². The van der Waals surface area contributed by atoms with Gasteiger partial charge in [-0.25, -0.2) is 0 Å². The Morgan fingerprint density at radius 1 is 0.387 bits per heavy atom. The van der Waals surface area contributed by atoms with Crippen molar-refractivity contribution in [2.24, 2.45) is 0 Å². The molecular weight excluding hydrogens is 825 g/mol. The quantitative estimate of drug-likeness (QED) is 0.0984. The zero-order valence-corrected chi connectivity index (χ0v) is 37.8. The summed E-state index contributed by atoms with van der Waals surface area (Å²) >= 11 is 7.39. The summed E-state index contributed by atoms with van der Waals surface area (Å²) in [5.74, 6) is 74.7. The van der Waals surface area contributed by atoms with E-state index in [1.165, 1.54) is 91.1 Å². The normalized spacial score (nSPS) is 7.97. The Balaban J connectivity index is 1.25. The maximum atomic E-state index is 4.97. The molecule has 0 aliphatic rings. The minimum Gasteiger partial charge on any atom is -0.139 e. The standard InChI is InChI=1S/C58H34S4/c1-5-7-9-11-13-15-16-17-18-19-20-21-22-23-24-25-26-27-28-29-30-31-32-33-34-36-38-40-42-52-48-50(4)60-58(52)56-46-44-54(62-56)53-43-45-55(61-53)57-51(47-49(3)59-57)41-39-37-35-14-12-10-8-6-2/h1,43-48H,6,8,10,12,14,35,37,39,41H2,2-4H3. The fourth-order valence-corrected chi connectivity index (χ4v) is 9.70. The molecule has 0 saturated heterocycles. The van der Waals surface area contributed by atoms with Crippen LogP contribution in [0.5, 0.6) is 0 Å². The molecule has 0 N–H and O–H groups in total. The molecule has 0 atom stereocenters. The van der Waals surface area contributed by atoms with E-state index in [2.05, 4.69) is 229 Å². The maximum Gasteiger partial charge on any atom is 0.0602 e. The third-order valence-corrected chi connectivity index (χ3v) is 12.8. The van der Waals surface area contributed by atoms with E-state index in [1.807, 2.05) is 34.0 Å². The van der Waals surface area contributed by atoms with Crippen LogP contribution >= 0.6 is 45.3 Å². The van der Waals surface area contributed by atoms with Crippen LogP contribution in [0, 0.1) is 192 Å². The van der Waals surface area contributed by atoms with Gasteiger partial charge in [0.15, 0.2) is 0 Å². The fourth-order valence-electron chi connectivity index (χ4n) is 5.30. The van der Waals surface area contributed by atoms with E-state index in [0.29, 0.717) is 0 Å². The summed E-state index contributed by atoms with van der Waals surface area (Å²) in [6, 6.07) is 13.5. The van der Waals surface area contributed by atoms with E-state index in [-0.39, 0.29) is 0 Å². The number of hydrogen-bond donors (Lipinski definition) is 0. The molecule has 4 rings (SSSR count). The van der Waals surface area contributed by atoms with Crippen LogP contribution in [-0.2, 0) is 6.42 Å². The van der Waals surface area contributed by atoms with E-state index in [1.54, 1.807) is 11.3 Å². The molecule has 0 aliphatic carbocycles.